The van der Waals surface area contributed by atoms with Crippen molar-refractivity contribution in [3.05, 3.63) is 64.2 Å². The first kappa shape index (κ1) is 23.7. The molecule has 0 radical (unpaired) electrons. The van der Waals surface area contributed by atoms with Crippen LogP contribution in [0.15, 0.2) is 42.5 Å². The summed E-state index contributed by atoms with van der Waals surface area (Å²) in [7, 11) is 3.77. The van der Waals surface area contributed by atoms with Gasteiger partial charge >= 0.3 is 6.18 Å². The van der Waals surface area contributed by atoms with Gasteiger partial charge in [0.1, 0.15) is 0 Å². The maximum absolute atomic E-state index is 13.2. The summed E-state index contributed by atoms with van der Waals surface area (Å²) in [4.78, 5) is 25.8. The van der Waals surface area contributed by atoms with Gasteiger partial charge in [-0.3, -0.25) is 9.59 Å². The number of anilines is 1. The van der Waals surface area contributed by atoms with Crippen molar-refractivity contribution in [1.29, 1.82) is 0 Å². The first-order valence-electron chi connectivity index (χ1n) is 9.14. The van der Waals surface area contributed by atoms with Crippen LogP contribution in [-0.4, -0.2) is 43.9 Å². The average Bonchev–Trinajstić information content (AvgIpc) is 2.63. The predicted molar refractivity (Wildman–Crippen MR) is 111 cm³/mol. The quantitative estimate of drug-likeness (QED) is 0.669. The lowest BCUT2D eigenvalue weighted by Gasteiger charge is -2.22. The molecule has 5 nitrogen and oxygen atoms in total. The molecular formula is C21H23ClF3N3O2. The lowest BCUT2D eigenvalue weighted by molar-refractivity contribution is -0.137. The molecule has 0 bridgehead atoms. The van der Waals surface area contributed by atoms with Crippen LogP contribution in [0.25, 0.3) is 0 Å². The Morgan fingerprint density at radius 2 is 1.73 bits per heavy atom. The number of likely N-dealkylation sites (N-methyl/N-ethyl adjacent to an activating group) is 1. The van der Waals surface area contributed by atoms with Crippen LogP contribution in [0, 0.1) is 0 Å². The first-order chi connectivity index (χ1) is 14.0. The van der Waals surface area contributed by atoms with E-state index in [1.165, 1.54) is 13.0 Å². The zero-order chi connectivity index (χ0) is 22.5. The fourth-order valence-electron chi connectivity index (χ4n) is 2.98. The van der Waals surface area contributed by atoms with E-state index in [4.69, 9.17) is 11.6 Å². The Labute approximate surface area is 178 Å². The smallest absolute Gasteiger partial charge is 0.351 e. The van der Waals surface area contributed by atoms with E-state index in [9.17, 15) is 22.8 Å². The monoisotopic (exact) mass is 441 g/mol. The zero-order valence-electron chi connectivity index (χ0n) is 16.8. The van der Waals surface area contributed by atoms with E-state index in [1.54, 1.807) is 12.1 Å². The van der Waals surface area contributed by atoms with Gasteiger partial charge in [0.2, 0.25) is 5.91 Å². The van der Waals surface area contributed by atoms with Crippen LogP contribution in [0.2, 0.25) is 5.02 Å². The first-order valence-corrected chi connectivity index (χ1v) is 9.51. The SMILES string of the molecule is CC(=O)Nc1cc(C(=O)NC[C@@H](CN(C)C)c2ccc(Cl)cc2)cc(C(F)(F)F)c1. The maximum atomic E-state index is 13.2. The molecule has 0 aliphatic rings. The van der Waals surface area contributed by atoms with E-state index >= 15 is 0 Å². The fourth-order valence-corrected chi connectivity index (χ4v) is 3.11. The Morgan fingerprint density at radius 3 is 2.27 bits per heavy atom. The van der Waals surface area contributed by atoms with Crippen molar-refractivity contribution in [1.82, 2.24) is 10.2 Å². The molecule has 9 heteroatoms. The Hall–Kier alpha value is -2.58. The molecule has 2 aromatic carbocycles. The number of nitrogens with one attached hydrogen (secondary N) is 2. The van der Waals surface area contributed by atoms with Gasteiger partial charge in [-0.15, -0.1) is 0 Å². The van der Waals surface area contributed by atoms with E-state index in [1.807, 2.05) is 31.1 Å². The van der Waals surface area contributed by atoms with Crippen molar-refractivity contribution in [2.24, 2.45) is 0 Å². The topological polar surface area (TPSA) is 61.4 Å². The summed E-state index contributed by atoms with van der Waals surface area (Å²) in [5.41, 5.74) is -0.351. The van der Waals surface area contributed by atoms with E-state index in [0.29, 0.717) is 11.6 Å². The van der Waals surface area contributed by atoms with Crippen molar-refractivity contribution >= 4 is 29.1 Å². The second-order valence-electron chi connectivity index (χ2n) is 7.20. The lowest BCUT2D eigenvalue weighted by atomic mass is 9.98. The number of hydrogen-bond donors (Lipinski definition) is 2. The number of benzene rings is 2. The van der Waals surface area contributed by atoms with Gasteiger partial charge < -0.3 is 15.5 Å². The van der Waals surface area contributed by atoms with Crippen LogP contribution in [0.1, 0.15) is 34.3 Å². The molecule has 0 saturated carbocycles. The molecule has 0 fully saturated rings. The number of carbonyl (C=O) groups excluding carboxylic acids is 2. The third-order valence-electron chi connectivity index (χ3n) is 4.28. The van der Waals surface area contributed by atoms with Crippen LogP contribution < -0.4 is 10.6 Å². The molecule has 2 rings (SSSR count). The minimum absolute atomic E-state index is 0.0926. The molecule has 1 atom stereocenters. The Balaban J connectivity index is 2.23. The number of hydrogen-bond acceptors (Lipinski definition) is 3. The third-order valence-corrected chi connectivity index (χ3v) is 4.53. The van der Waals surface area contributed by atoms with Crippen LogP contribution in [0.5, 0.6) is 0 Å². The van der Waals surface area contributed by atoms with Gasteiger partial charge in [-0.1, -0.05) is 23.7 Å². The van der Waals surface area contributed by atoms with Gasteiger partial charge in [0.15, 0.2) is 0 Å². The van der Waals surface area contributed by atoms with E-state index in [0.717, 1.165) is 17.7 Å². The van der Waals surface area contributed by atoms with E-state index in [2.05, 4.69) is 10.6 Å². The minimum atomic E-state index is -4.65. The van der Waals surface area contributed by atoms with Crippen molar-refractivity contribution in [2.75, 3.05) is 32.5 Å². The molecule has 0 heterocycles. The van der Waals surface area contributed by atoms with Gasteiger partial charge in [-0.05, 0) is 50.0 Å². The predicted octanol–water partition coefficient (Wildman–Crippen LogP) is 4.39. The van der Waals surface area contributed by atoms with Crippen LogP contribution in [0.3, 0.4) is 0 Å². The highest BCUT2D eigenvalue weighted by atomic mass is 35.5. The Bertz CT molecular complexity index is 899. The number of halogens is 4. The second-order valence-corrected chi connectivity index (χ2v) is 7.64. The zero-order valence-corrected chi connectivity index (χ0v) is 17.6. The van der Waals surface area contributed by atoms with Crippen LogP contribution >= 0.6 is 11.6 Å². The Kier molecular flexibility index (Phi) is 7.86. The molecule has 0 aliphatic heterocycles. The highest BCUT2D eigenvalue weighted by molar-refractivity contribution is 6.30. The molecule has 0 unspecified atom stereocenters. The van der Waals surface area contributed by atoms with Crippen LogP contribution in [0.4, 0.5) is 18.9 Å². The summed E-state index contributed by atoms with van der Waals surface area (Å²) >= 11 is 5.93. The third kappa shape index (κ3) is 7.03. The number of amides is 2. The average molecular weight is 442 g/mol. The van der Waals surface area contributed by atoms with Crippen molar-refractivity contribution in [3.8, 4) is 0 Å². The fraction of sp³-hybridized carbons (Fsp3) is 0.333. The Morgan fingerprint density at radius 1 is 1.10 bits per heavy atom. The number of rotatable bonds is 7. The van der Waals surface area contributed by atoms with Gasteiger partial charge in [0.25, 0.3) is 5.91 Å². The highest BCUT2D eigenvalue weighted by Gasteiger charge is 2.32. The molecule has 0 aromatic heterocycles. The number of nitrogens with zero attached hydrogens (tertiary/aromatic N) is 1. The normalized spacial score (nSPS) is 12.5. The summed E-state index contributed by atoms with van der Waals surface area (Å²) in [5, 5.41) is 5.58. The summed E-state index contributed by atoms with van der Waals surface area (Å²) in [6.07, 6.45) is -4.65. The number of alkyl halides is 3. The molecule has 2 N–H and O–H groups in total. The molecule has 0 aliphatic carbocycles. The van der Waals surface area contributed by atoms with Gasteiger partial charge in [0, 0.05) is 42.2 Å². The lowest BCUT2D eigenvalue weighted by Crippen LogP contribution is -2.33. The van der Waals surface area contributed by atoms with Crippen molar-refractivity contribution < 1.29 is 22.8 Å². The summed E-state index contributed by atoms with van der Waals surface area (Å²) in [6, 6.07) is 9.96. The molecular weight excluding hydrogens is 419 g/mol. The van der Waals surface area contributed by atoms with Crippen molar-refractivity contribution in [2.45, 2.75) is 19.0 Å². The molecule has 0 spiro atoms. The molecule has 2 amide bonds. The van der Waals surface area contributed by atoms with E-state index in [-0.39, 0.29) is 23.7 Å². The molecule has 162 valence electrons. The van der Waals surface area contributed by atoms with Crippen molar-refractivity contribution in [3.63, 3.8) is 0 Å². The second kappa shape index (κ2) is 9.95. The molecule has 0 saturated heterocycles. The minimum Gasteiger partial charge on any atom is -0.351 e. The van der Waals surface area contributed by atoms with Gasteiger partial charge in [0.05, 0.1) is 5.56 Å². The summed E-state index contributed by atoms with van der Waals surface area (Å²) < 4.78 is 39.6. The largest absolute Gasteiger partial charge is 0.416 e. The standard InChI is InChI=1S/C21H23ClF3N3O2/c1-13(29)27-19-9-15(8-17(10-19)21(23,24)25)20(30)26-11-16(12-28(2)3)14-4-6-18(22)7-5-14/h4-10,16H,11-12H2,1-3H3,(H,26,30)(H,27,29)/t16-/m0/s1. The van der Waals surface area contributed by atoms with E-state index < -0.39 is 23.6 Å². The summed E-state index contributed by atoms with van der Waals surface area (Å²) in [5.74, 6) is -1.29. The summed E-state index contributed by atoms with van der Waals surface area (Å²) in [6.45, 7) is 2.00. The molecule has 30 heavy (non-hydrogen) atoms. The van der Waals surface area contributed by atoms with Gasteiger partial charge in [-0.2, -0.15) is 13.2 Å². The number of carbonyl (C=O) groups is 2. The maximum Gasteiger partial charge on any atom is 0.416 e. The van der Waals surface area contributed by atoms with Gasteiger partial charge in [-0.25, -0.2) is 0 Å². The highest BCUT2D eigenvalue weighted by Crippen LogP contribution is 2.32. The van der Waals surface area contributed by atoms with Crippen LogP contribution in [-0.2, 0) is 11.0 Å². The molecule has 2 aromatic rings.